The summed E-state index contributed by atoms with van der Waals surface area (Å²) in [5.74, 6) is 1.39. The minimum Gasteiger partial charge on any atom is -0.490 e. The Morgan fingerprint density at radius 1 is 1.00 bits per heavy atom. The lowest BCUT2D eigenvalue weighted by Gasteiger charge is -2.26. The average molecular weight is 404 g/mol. The van der Waals surface area contributed by atoms with E-state index in [1.807, 2.05) is 47.4 Å². The van der Waals surface area contributed by atoms with E-state index in [1.165, 1.54) is 6.07 Å². The van der Waals surface area contributed by atoms with Gasteiger partial charge >= 0.3 is 0 Å². The summed E-state index contributed by atoms with van der Waals surface area (Å²) >= 11 is 0. The van der Waals surface area contributed by atoms with Crippen LogP contribution in [0.5, 0.6) is 11.5 Å². The Labute approximate surface area is 174 Å². The van der Waals surface area contributed by atoms with E-state index >= 15 is 0 Å². The maximum absolute atomic E-state index is 13.6. The van der Waals surface area contributed by atoms with Crippen molar-refractivity contribution in [2.24, 2.45) is 7.05 Å². The largest absolute Gasteiger partial charge is 0.490 e. The lowest BCUT2D eigenvalue weighted by Crippen LogP contribution is -2.32. The molecule has 1 atom stereocenters. The summed E-state index contributed by atoms with van der Waals surface area (Å²) in [6.07, 6.45) is 2.66. The Bertz CT molecular complexity index is 1180. The van der Waals surface area contributed by atoms with Crippen LogP contribution in [0.4, 0.5) is 0 Å². The van der Waals surface area contributed by atoms with E-state index in [-0.39, 0.29) is 17.5 Å². The Morgan fingerprint density at radius 3 is 2.67 bits per heavy atom. The second kappa shape index (κ2) is 7.52. The molecule has 2 aromatic carbocycles. The molecule has 1 fully saturated rings. The topological polar surface area (TPSA) is 60.8 Å². The van der Waals surface area contributed by atoms with Gasteiger partial charge in [0.15, 0.2) is 11.5 Å². The van der Waals surface area contributed by atoms with Gasteiger partial charge in [0.05, 0.1) is 30.3 Å². The van der Waals surface area contributed by atoms with Crippen LogP contribution >= 0.6 is 0 Å². The van der Waals surface area contributed by atoms with Crippen molar-refractivity contribution >= 4 is 16.8 Å². The second-order valence-electron chi connectivity index (χ2n) is 7.89. The Balaban J connectivity index is 1.53. The molecule has 1 aromatic heterocycles. The summed E-state index contributed by atoms with van der Waals surface area (Å²) in [5.41, 5.74) is 2.09. The van der Waals surface area contributed by atoms with Crippen molar-refractivity contribution in [2.75, 3.05) is 19.8 Å². The maximum Gasteiger partial charge on any atom is 0.255 e. The molecule has 5 rings (SSSR count). The summed E-state index contributed by atoms with van der Waals surface area (Å²) in [6.45, 7) is 1.95. The summed E-state index contributed by atoms with van der Waals surface area (Å²) < 4.78 is 13.2. The summed E-state index contributed by atoms with van der Waals surface area (Å²) in [5, 5.41) is 0.800. The third-order valence-corrected chi connectivity index (χ3v) is 6.05. The van der Waals surface area contributed by atoms with Crippen LogP contribution < -0.4 is 15.0 Å². The Morgan fingerprint density at radius 2 is 1.80 bits per heavy atom. The van der Waals surface area contributed by atoms with E-state index < -0.39 is 0 Å². The first kappa shape index (κ1) is 18.7. The Hall–Kier alpha value is -3.28. The van der Waals surface area contributed by atoms with Gasteiger partial charge in [0, 0.05) is 31.5 Å². The smallest absolute Gasteiger partial charge is 0.255 e. The molecule has 0 saturated carbocycles. The van der Waals surface area contributed by atoms with Gasteiger partial charge in [-0.05, 0) is 36.6 Å². The van der Waals surface area contributed by atoms with E-state index in [0.717, 1.165) is 47.2 Å². The number of para-hydroxylation sites is 1. The minimum atomic E-state index is -0.177. The van der Waals surface area contributed by atoms with Crippen molar-refractivity contribution in [1.29, 1.82) is 0 Å². The lowest BCUT2D eigenvalue weighted by atomic mass is 10.0. The molecule has 6 nitrogen and oxygen atoms in total. The molecule has 0 spiro atoms. The predicted molar refractivity (Wildman–Crippen MR) is 114 cm³/mol. The number of fused-ring (bicyclic) bond motifs is 2. The molecule has 0 unspecified atom stereocenters. The molecule has 0 radical (unpaired) electrons. The van der Waals surface area contributed by atoms with Crippen molar-refractivity contribution in [3.63, 3.8) is 0 Å². The number of likely N-dealkylation sites (tertiary alicyclic amines) is 1. The van der Waals surface area contributed by atoms with E-state index in [9.17, 15) is 9.59 Å². The first-order chi connectivity index (χ1) is 14.6. The first-order valence-corrected chi connectivity index (χ1v) is 10.4. The highest BCUT2D eigenvalue weighted by atomic mass is 16.5. The fraction of sp³-hybridized carbons (Fsp3) is 0.333. The van der Waals surface area contributed by atoms with Crippen LogP contribution in [-0.2, 0) is 7.05 Å². The lowest BCUT2D eigenvalue weighted by molar-refractivity contribution is 0.0737. The third kappa shape index (κ3) is 3.12. The van der Waals surface area contributed by atoms with Crippen LogP contribution in [0.3, 0.4) is 0 Å². The van der Waals surface area contributed by atoms with Gasteiger partial charge in [-0.15, -0.1) is 0 Å². The van der Waals surface area contributed by atoms with Crippen LogP contribution in [0.15, 0.2) is 53.3 Å². The van der Waals surface area contributed by atoms with Crippen molar-refractivity contribution in [3.8, 4) is 11.5 Å². The Kier molecular flexibility index (Phi) is 4.69. The molecule has 1 saturated heterocycles. The molecule has 6 heteroatoms. The summed E-state index contributed by atoms with van der Waals surface area (Å²) in [7, 11) is 1.73. The van der Waals surface area contributed by atoms with E-state index in [4.69, 9.17) is 9.47 Å². The standard InChI is InChI=1S/C24H24N2O4/c1-25-20-7-3-2-6-17(20)18(15-23(25)27)24(28)26-11-4-8-19(26)16-9-10-21-22(14-16)30-13-5-12-29-21/h2-3,6-7,9-10,14-15,19H,4-5,8,11-13H2,1H3/t19-/m1/s1. The fourth-order valence-electron chi connectivity index (χ4n) is 4.49. The molecule has 2 aliphatic heterocycles. The highest BCUT2D eigenvalue weighted by Crippen LogP contribution is 2.38. The fourth-order valence-corrected chi connectivity index (χ4v) is 4.49. The SMILES string of the molecule is Cn1c(=O)cc(C(=O)N2CCC[C@@H]2c2ccc3c(c2)OCCCO3)c2ccccc21. The van der Waals surface area contributed by atoms with Crippen molar-refractivity contribution in [2.45, 2.75) is 25.3 Å². The van der Waals surface area contributed by atoms with Crippen LogP contribution in [0.1, 0.15) is 41.2 Å². The quantitative estimate of drug-likeness (QED) is 0.654. The maximum atomic E-state index is 13.6. The van der Waals surface area contributed by atoms with Gasteiger partial charge in [-0.1, -0.05) is 24.3 Å². The number of pyridine rings is 1. The van der Waals surface area contributed by atoms with Crippen LogP contribution in [0, 0.1) is 0 Å². The average Bonchev–Trinajstić information content (AvgIpc) is 3.14. The molecule has 30 heavy (non-hydrogen) atoms. The van der Waals surface area contributed by atoms with E-state index in [1.54, 1.807) is 11.6 Å². The zero-order valence-electron chi connectivity index (χ0n) is 17.0. The molecule has 3 aromatic rings. The molecule has 2 aliphatic rings. The number of aryl methyl sites for hydroxylation is 1. The van der Waals surface area contributed by atoms with Gasteiger partial charge in [-0.25, -0.2) is 0 Å². The van der Waals surface area contributed by atoms with Crippen LogP contribution in [0.2, 0.25) is 0 Å². The van der Waals surface area contributed by atoms with E-state index in [0.29, 0.717) is 25.3 Å². The number of aromatic nitrogens is 1. The number of carbonyl (C=O) groups is 1. The number of hydrogen-bond acceptors (Lipinski definition) is 4. The number of amides is 1. The first-order valence-electron chi connectivity index (χ1n) is 10.4. The molecule has 154 valence electrons. The van der Waals surface area contributed by atoms with E-state index in [2.05, 4.69) is 0 Å². The number of ether oxygens (including phenoxy) is 2. The molecular formula is C24H24N2O4. The molecule has 3 heterocycles. The van der Waals surface area contributed by atoms with Crippen LogP contribution in [-0.4, -0.2) is 35.1 Å². The molecule has 0 aliphatic carbocycles. The molecular weight excluding hydrogens is 380 g/mol. The number of carbonyl (C=O) groups excluding carboxylic acids is 1. The zero-order valence-corrected chi connectivity index (χ0v) is 17.0. The normalized spacial score (nSPS) is 18.4. The summed E-state index contributed by atoms with van der Waals surface area (Å²) in [4.78, 5) is 27.9. The number of hydrogen-bond donors (Lipinski definition) is 0. The summed E-state index contributed by atoms with van der Waals surface area (Å²) in [6, 6.07) is 14.9. The van der Waals surface area contributed by atoms with Crippen molar-refractivity contribution in [3.05, 3.63) is 70.0 Å². The number of nitrogens with zero attached hydrogens (tertiary/aromatic N) is 2. The van der Waals surface area contributed by atoms with Gasteiger partial charge in [0.25, 0.3) is 11.5 Å². The molecule has 1 amide bonds. The number of benzene rings is 2. The van der Waals surface area contributed by atoms with Gasteiger partial charge in [0.1, 0.15) is 0 Å². The minimum absolute atomic E-state index is 0.0440. The van der Waals surface area contributed by atoms with Gasteiger partial charge in [0.2, 0.25) is 0 Å². The monoisotopic (exact) mass is 404 g/mol. The predicted octanol–water partition coefficient (Wildman–Crippen LogP) is 3.68. The van der Waals surface area contributed by atoms with Gasteiger partial charge in [-0.3, -0.25) is 9.59 Å². The molecule has 0 N–H and O–H groups in total. The number of rotatable bonds is 2. The highest BCUT2D eigenvalue weighted by molar-refractivity contribution is 6.06. The zero-order chi connectivity index (χ0) is 20.7. The highest BCUT2D eigenvalue weighted by Gasteiger charge is 2.32. The van der Waals surface area contributed by atoms with Gasteiger partial charge < -0.3 is 18.9 Å². The van der Waals surface area contributed by atoms with Crippen LogP contribution in [0.25, 0.3) is 10.9 Å². The molecule has 0 bridgehead atoms. The second-order valence-corrected chi connectivity index (χ2v) is 7.89. The van der Waals surface area contributed by atoms with Gasteiger partial charge in [-0.2, -0.15) is 0 Å². The van der Waals surface area contributed by atoms with Crippen molar-refractivity contribution in [1.82, 2.24) is 9.47 Å². The third-order valence-electron chi connectivity index (χ3n) is 6.05. The van der Waals surface area contributed by atoms with Crippen molar-refractivity contribution < 1.29 is 14.3 Å².